The number of hydrogen-bond acceptors (Lipinski definition) is 3. The normalized spacial score (nSPS) is 15.3. The van der Waals surface area contributed by atoms with Crippen molar-refractivity contribution in [3.8, 4) is 0 Å². The highest BCUT2D eigenvalue weighted by atomic mass is 15.4. The number of benzene rings is 1. The highest BCUT2D eigenvalue weighted by molar-refractivity contribution is 6.02. The van der Waals surface area contributed by atoms with Crippen LogP contribution in [0.5, 0.6) is 0 Å². The minimum absolute atomic E-state index is 0.0308. The van der Waals surface area contributed by atoms with Crippen LogP contribution in [0.15, 0.2) is 36.5 Å². The van der Waals surface area contributed by atoms with Gasteiger partial charge in [-0.05, 0) is 26.3 Å². The summed E-state index contributed by atoms with van der Waals surface area (Å²) in [5.41, 5.74) is 2.05. The number of aromatic nitrogens is 2. The van der Waals surface area contributed by atoms with Crippen molar-refractivity contribution in [3.05, 3.63) is 47.7 Å². The minimum atomic E-state index is -0.0308. The van der Waals surface area contributed by atoms with E-state index in [2.05, 4.69) is 52.9 Å². The van der Waals surface area contributed by atoms with Crippen molar-refractivity contribution in [2.24, 2.45) is 0 Å². The molecular weight excluding hydrogens is 262 g/mol. The second-order valence-corrected chi connectivity index (χ2v) is 6.40. The summed E-state index contributed by atoms with van der Waals surface area (Å²) in [4.78, 5) is 4.34. The van der Waals surface area contributed by atoms with Crippen molar-refractivity contribution in [2.45, 2.75) is 32.9 Å². The number of amidine groups is 1. The van der Waals surface area contributed by atoms with Gasteiger partial charge in [-0.2, -0.15) is 5.10 Å². The molecule has 1 aliphatic rings. The number of hydrogen-bond donors (Lipinski definition) is 2. The van der Waals surface area contributed by atoms with Crippen molar-refractivity contribution in [3.63, 3.8) is 0 Å². The molecule has 110 valence electrons. The van der Waals surface area contributed by atoms with Crippen LogP contribution in [0, 0.1) is 5.41 Å². The molecule has 0 saturated heterocycles. The summed E-state index contributed by atoms with van der Waals surface area (Å²) >= 11 is 0. The summed E-state index contributed by atoms with van der Waals surface area (Å²) in [5, 5.41) is 15.6. The van der Waals surface area contributed by atoms with E-state index >= 15 is 0 Å². The van der Waals surface area contributed by atoms with Crippen LogP contribution in [0.1, 0.15) is 31.9 Å². The lowest BCUT2D eigenvalue weighted by Crippen LogP contribution is -2.53. The van der Waals surface area contributed by atoms with E-state index < -0.39 is 0 Å². The van der Waals surface area contributed by atoms with Gasteiger partial charge in [-0.25, -0.2) is 0 Å². The summed E-state index contributed by atoms with van der Waals surface area (Å²) in [6.07, 6.45) is 1.74. The number of nitrogens with zero attached hydrogens (tertiary/aromatic N) is 3. The zero-order valence-electron chi connectivity index (χ0n) is 12.7. The predicted octanol–water partition coefficient (Wildman–Crippen LogP) is 2.81. The Bertz CT molecular complexity index is 638. The monoisotopic (exact) mass is 283 g/mol. The van der Waals surface area contributed by atoms with Crippen molar-refractivity contribution >= 4 is 11.7 Å². The third-order valence-electron chi connectivity index (χ3n) is 3.80. The van der Waals surface area contributed by atoms with Crippen LogP contribution in [0.3, 0.4) is 0 Å². The summed E-state index contributed by atoms with van der Waals surface area (Å²) in [6.45, 7) is 7.94. The number of aromatic amines is 1. The van der Waals surface area contributed by atoms with Gasteiger partial charge in [0.05, 0.1) is 18.4 Å². The number of rotatable bonds is 2. The van der Waals surface area contributed by atoms with Crippen molar-refractivity contribution in [2.75, 3.05) is 11.6 Å². The van der Waals surface area contributed by atoms with Crippen LogP contribution in [-0.2, 0) is 6.54 Å². The fraction of sp³-hybridized carbons (Fsp3) is 0.375. The maximum atomic E-state index is 8.43. The molecule has 21 heavy (non-hydrogen) atoms. The molecule has 1 aliphatic heterocycles. The molecule has 0 saturated carbocycles. The van der Waals surface area contributed by atoms with E-state index in [4.69, 9.17) is 5.41 Å². The first-order valence-electron chi connectivity index (χ1n) is 7.15. The van der Waals surface area contributed by atoms with Gasteiger partial charge in [0.25, 0.3) is 0 Å². The largest absolute Gasteiger partial charge is 0.334 e. The van der Waals surface area contributed by atoms with Crippen LogP contribution in [0.2, 0.25) is 0 Å². The quantitative estimate of drug-likeness (QED) is 0.891. The second-order valence-electron chi connectivity index (χ2n) is 6.40. The third-order valence-corrected chi connectivity index (χ3v) is 3.80. The number of H-pyrrole nitrogens is 1. The smallest absolute Gasteiger partial charge is 0.137 e. The lowest BCUT2D eigenvalue weighted by atomic mass is 10.0. The number of anilines is 1. The summed E-state index contributed by atoms with van der Waals surface area (Å²) in [5.74, 6) is 1.47. The molecule has 0 amide bonds. The molecule has 5 nitrogen and oxygen atoms in total. The maximum Gasteiger partial charge on any atom is 0.137 e. The maximum absolute atomic E-state index is 8.43. The topological polar surface area (TPSA) is 59.0 Å². The van der Waals surface area contributed by atoms with Gasteiger partial charge in [0.1, 0.15) is 11.7 Å². The molecule has 0 radical (unpaired) electrons. The van der Waals surface area contributed by atoms with Crippen molar-refractivity contribution < 1.29 is 0 Å². The molecule has 0 unspecified atom stereocenters. The van der Waals surface area contributed by atoms with E-state index in [-0.39, 0.29) is 5.54 Å². The molecule has 2 heterocycles. The Labute approximate surface area is 125 Å². The molecule has 2 N–H and O–H groups in total. The molecule has 1 aromatic heterocycles. The van der Waals surface area contributed by atoms with Crippen LogP contribution >= 0.6 is 0 Å². The second kappa shape index (κ2) is 4.91. The highest BCUT2D eigenvalue weighted by Gasteiger charge is 2.34. The zero-order valence-corrected chi connectivity index (χ0v) is 12.7. The van der Waals surface area contributed by atoms with Gasteiger partial charge in [-0.15, -0.1) is 0 Å². The van der Waals surface area contributed by atoms with Gasteiger partial charge in [0, 0.05) is 12.1 Å². The summed E-state index contributed by atoms with van der Waals surface area (Å²) < 4.78 is 0. The first kappa shape index (κ1) is 13.7. The Morgan fingerprint density at radius 2 is 1.95 bits per heavy atom. The van der Waals surface area contributed by atoms with Crippen molar-refractivity contribution in [1.82, 2.24) is 15.1 Å². The first-order chi connectivity index (χ1) is 9.97. The molecule has 2 aromatic rings. The molecule has 3 rings (SSSR count). The minimum Gasteiger partial charge on any atom is -0.334 e. The van der Waals surface area contributed by atoms with E-state index in [1.54, 1.807) is 6.20 Å². The molecule has 0 bridgehead atoms. The molecular formula is C16H21N5. The molecule has 1 aromatic carbocycles. The standard InChI is InChI=1S/C16H21N5/c1-16(2,3)21-11-20(10-12-7-5-4-6-8-12)14(17)13-9-18-19-15(13)21/h4-9,17H,10-11H2,1-3H3,(H,18,19). The third kappa shape index (κ3) is 2.51. The predicted molar refractivity (Wildman–Crippen MR) is 84.5 cm³/mol. The average molecular weight is 283 g/mol. The van der Waals surface area contributed by atoms with Gasteiger partial charge in [-0.3, -0.25) is 10.5 Å². The van der Waals surface area contributed by atoms with Crippen molar-refractivity contribution in [1.29, 1.82) is 5.41 Å². The molecule has 0 spiro atoms. The fourth-order valence-electron chi connectivity index (χ4n) is 2.62. The lowest BCUT2D eigenvalue weighted by Gasteiger charge is -2.44. The van der Waals surface area contributed by atoms with E-state index in [9.17, 15) is 0 Å². The first-order valence-corrected chi connectivity index (χ1v) is 7.15. The Morgan fingerprint density at radius 3 is 2.62 bits per heavy atom. The van der Waals surface area contributed by atoms with E-state index in [0.717, 1.165) is 17.9 Å². The van der Waals surface area contributed by atoms with Gasteiger partial charge in [-0.1, -0.05) is 30.3 Å². The molecule has 0 aliphatic carbocycles. The molecule has 0 atom stereocenters. The SMILES string of the molecule is CC(C)(C)N1CN(Cc2ccccc2)C(=N)c2cn[nH]c21. The van der Waals surface area contributed by atoms with E-state index in [0.29, 0.717) is 12.5 Å². The van der Waals surface area contributed by atoms with Gasteiger partial charge < -0.3 is 9.80 Å². The Balaban J connectivity index is 1.92. The fourth-order valence-corrected chi connectivity index (χ4v) is 2.62. The lowest BCUT2D eigenvalue weighted by molar-refractivity contribution is 0.345. The highest BCUT2D eigenvalue weighted by Crippen LogP contribution is 2.31. The van der Waals surface area contributed by atoms with Gasteiger partial charge >= 0.3 is 0 Å². The molecule has 5 heteroatoms. The summed E-state index contributed by atoms with van der Waals surface area (Å²) in [6, 6.07) is 10.3. The Morgan fingerprint density at radius 1 is 1.24 bits per heavy atom. The van der Waals surface area contributed by atoms with E-state index in [1.807, 2.05) is 18.2 Å². The molecule has 0 fully saturated rings. The number of fused-ring (bicyclic) bond motifs is 1. The Kier molecular flexibility index (Phi) is 3.20. The Hall–Kier alpha value is -2.30. The van der Waals surface area contributed by atoms with Crippen LogP contribution in [0.4, 0.5) is 5.82 Å². The van der Waals surface area contributed by atoms with Crippen LogP contribution in [0.25, 0.3) is 0 Å². The van der Waals surface area contributed by atoms with Crippen LogP contribution < -0.4 is 4.90 Å². The average Bonchev–Trinajstić information content (AvgIpc) is 2.91. The van der Waals surface area contributed by atoms with Crippen LogP contribution in [-0.4, -0.2) is 33.1 Å². The summed E-state index contributed by atoms with van der Waals surface area (Å²) in [7, 11) is 0. The number of nitrogens with one attached hydrogen (secondary N) is 2. The van der Waals surface area contributed by atoms with E-state index in [1.165, 1.54) is 5.56 Å². The zero-order chi connectivity index (χ0) is 15.0. The van der Waals surface area contributed by atoms with Gasteiger partial charge in [0.15, 0.2) is 0 Å². The van der Waals surface area contributed by atoms with Gasteiger partial charge in [0.2, 0.25) is 0 Å².